The summed E-state index contributed by atoms with van der Waals surface area (Å²) in [6.07, 6.45) is 3.55. The summed E-state index contributed by atoms with van der Waals surface area (Å²) >= 11 is 1.33. The van der Waals surface area contributed by atoms with Crippen molar-refractivity contribution in [2.75, 3.05) is 0 Å². The fourth-order valence-corrected chi connectivity index (χ4v) is 2.72. The molecule has 1 fully saturated rings. The van der Waals surface area contributed by atoms with E-state index in [1.54, 1.807) is 22.9 Å². The molecule has 1 saturated carbocycles. The number of rotatable bonds is 4. The van der Waals surface area contributed by atoms with Crippen LogP contribution >= 0.6 is 11.8 Å². The minimum absolute atomic E-state index is 0.0611. The first kappa shape index (κ1) is 12.7. The van der Waals surface area contributed by atoms with E-state index in [1.807, 2.05) is 0 Å². The van der Waals surface area contributed by atoms with Crippen LogP contribution in [0.15, 0.2) is 38.3 Å². The molecule has 4 N–H and O–H groups in total. The quantitative estimate of drug-likeness (QED) is 0.327. The van der Waals surface area contributed by atoms with E-state index in [9.17, 15) is 4.79 Å². The summed E-state index contributed by atoms with van der Waals surface area (Å²) in [5.74, 6) is -0.0611. The Bertz CT molecular complexity index is 718. The van der Waals surface area contributed by atoms with Gasteiger partial charge in [0.25, 0.3) is 0 Å². The van der Waals surface area contributed by atoms with Gasteiger partial charge in [-0.2, -0.15) is 0 Å². The lowest BCUT2D eigenvalue weighted by atomic mass is 10.3. The van der Waals surface area contributed by atoms with Crippen molar-refractivity contribution in [2.45, 2.75) is 28.9 Å². The van der Waals surface area contributed by atoms with E-state index in [0.29, 0.717) is 10.9 Å². The number of nitrogens with two attached hydrogens (primary N) is 1. The van der Waals surface area contributed by atoms with Gasteiger partial charge in [-0.3, -0.25) is 9.55 Å². The zero-order valence-electron chi connectivity index (χ0n) is 10.4. The first-order chi connectivity index (χ1) is 9.69. The molecule has 3 rings (SSSR count). The maximum atomic E-state index is 11.7. The van der Waals surface area contributed by atoms with Crippen LogP contribution in [0.1, 0.15) is 24.6 Å². The SMILES string of the molecule is NC(=NO)c1cc(Sc2n[nH]c(=O)n2C2CC2)ccn1. The van der Waals surface area contributed by atoms with Crippen molar-refractivity contribution in [3.63, 3.8) is 0 Å². The Morgan fingerprint density at radius 2 is 2.40 bits per heavy atom. The Morgan fingerprint density at radius 3 is 3.10 bits per heavy atom. The molecule has 1 aliphatic carbocycles. The predicted octanol–water partition coefficient (Wildman–Crippen LogP) is 0.547. The number of amidine groups is 1. The molecule has 0 saturated heterocycles. The van der Waals surface area contributed by atoms with Crippen molar-refractivity contribution in [1.29, 1.82) is 0 Å². The summed E-state index contributed by atoms with van der Waals surface area (Å²) in [5, 5.41) is 18.7. The van der Waals surface area contributed by atoms with Gasteiger partial charge >= 0.3 is 5.69 Å². The van der Waals surface area contributed by atoms with Crippen molar-refractivity contribution >= 4 is 17.6 Å². The molecule has 2 aromatic heterocycles. The summed E-state index contributed by atoms with van der Waals surface area (Å²) in [6, 6.07) is 3.69. The minimum atomic E-state index is -0.194. The van der Waals surface area contributed by atoms with E-state index in [1.165, 1.54) is 11.8 Å². The van der Waals surface area contributed by atoms with Crippen LogP contribution in [0.25, 0.3) is 0 Å². The number of hydrogen-bond donors (Lipinski definition) is 3. The van der Waals surface area contributed by atoms with Gasteiger partial charge in [-0.15, -0.1) is 5.10 Å². The molecule has 2 heterocycles. The minimum Gasteiger partial charge on any atom is -0.409 e. The Kier molecular flexibility index (Phi) is 3.18. The van der Waals surface area contributed by atoms with Gasteiger partial charge in [-0.25, -0.2) is 9.89 Å². The van der Waals surface area contributed by atoms with Gasteiger partial charge in [0.05, 0.1) is 0 Å². The van der Waals surface area contributed by atoms with E-state index in [2.05, 4.69) is 20.3 Å². The van der Waals surface area contributed by atoms with Crippen LogP contribution in [0.4, 0.5) is 0 Å². The fraction of sp³-hybridized carbons (Fsp3) is 0.273. The van der Waals surface area contributed by atoms with Crippen LogP contribution < -0.4 is 11.4 Å². The largest absolute Gasteiger partial charge is 0.409 e. The van der Waals surface area contributed by atoms with E-state index >= 15 is 0 Å². The maximum Gasteiger partial charge on any atom is 0.344 e. The molecule has 0 amide bonds. The number of aromatic nitrogens is 4. The van der Waals surface area contributed by atoms with Crippen LogP contribution in [0.3, 0.4) is 0 Å². The number of nitrogens with zero attached hydrogens (tertiary/aromatic N) is 4. The summed E-state index contributed by atoms with van der Waals surface area (Å²) in [7, 11) is 0. The van der Waals surface area contributed by atoms with Crippen molar-refractivity contribution in [3.8, 4) is 0 Å². The zero-order valence-corrected chi connectivity index (χ0v) is 11.2. The standard InChI is InChI=1S/C11H12N6O2S/c12-9(16-19)8-5-7(3-4-13-8)20-11-15-14-10(18)17(11)6-1-2-6/h3-6,19H,1-2H2,(H2,12,16)(H,14,18). The number of nitrogens with one attached hydrogen (secondary N) is 1. The highest BCUT2D eigenvalue weighted by atomic mass is 32.2. The molecule has 104 valence electrons. The maximum absolute atomic E-state index is 11.7. The predicted molar refractivity (Wildman–Crippen MR) is 72.0 cm³/mol. The normalized spacial score (nSPS) is 15.5. The van der Waals surface area contributed by atoms with Gasteiger partial charge in [-0.1, -0.05) is 5.16 Å². The smallest absolute Gasteiger partial charge is 0.344 e. The van der Waals surface area contributed by atoms with Crippen LogP contribution in [0, 0.1) is 0 Å². The van der Waals surface area contributed by atoms with E-state index in [0.717, 1.165) is 17.7 Å². The topological polar surface area (TPSA) is 122 Å². The van der Waals surface area contributed by atoms with Crippen molar-refractivity contribution in [3.05, 3.63) is 34.5 Å². The molecule has 0 atom stereocenters. The Morgan fingerprint density at radius 1 is 1.60 bits per heavy atom. The molecule has 0 unspecified atom stereocenters. The number of aromatic amines is 1. The number of H-pyrrole nitrogens is 1. The average molecular weight is 292 g/mol. The third kappa shape index (κ3) is 2.39. The summed E-state index contributed by atoms with van der Waals surface area (Å²) in [5.41, 5.74) is 5.68. The Balaban J connectivity index is 1.90. The van der Waals surface area contributed by atoms with Gasteiger partial charge < -0.3 is 10.9 Å². The molecular weight excluding hydrogens is 280 g/mol. The van der Waals surface area contributed by atoms with Gasteiger partial charge in [0.1, 0.15) is 5.69 Å². The highest BCUT2D eigenvalue weighted by Gasteiger charge is 2.28. The number of pyridine rings is 1. The summed E-state index contributed by atoms with van der Waals surface area (Å²) in [4.78, 5) is 16.5. The van der Waals surface area contributed by atoms with Crippen LogP contribution in [-0.4, -0.2) is 30.8 Å². The first-order valence-corrected chi connectivity index (χ1v) is 6.79. The molecule has 2 aromatic rings. The molecule has 0 aliphatic heterocycles. The summed E-state index contributed by atoms with van der Waals surface area (Å²) < 4.78 is 1.66. The second-order valence-corrected chi connectivity index (χ2v) is 5.42. The fourth-order valence-electron chi connectivity index (χ4n) is 1.79. The Labute approximate surface area is 117 Å². The Hall–Kier alpha value is -2.29. The van der Waals surface area contributed by atoms with Crippen LogP contribution in [0.5, 0.6) is 0 Å². The highest BCUT2D eigenvalue weighted by Crippen LogP contribution is 2.37. The molecular formula is C11H12N6O2S. The molecule has 0 spiro atoms. The van der Waals surface area contributed by atoms with Crippen LogP contribution in [-0.2, 0) is 0 Å². The van der Waals surface area contributed by atoms with E-state index in [4.69, 9.17) is 10.9 Å². The lowest BCUT2D eigenvalue weighted by Crippen LogP contribution is -2.16. The van der Waals surface area contributed by atoms with Crippen molar-refractivity contribution < 1.29 is 5.21 Å². The third-order valence-corrected chi connectivity index (χ3v) is 3.85. The lowest BCUT2D eigenvalue weighted by molar-refractivity contribution is 0.318. The van der Waals surface area contributed by atoms with Crippen molar-refractivity contribution in [1.82, 2.24) is 19.7 Å². The van der Waals surface area contributed by atoms with Crippen LogP contribution in [0.2, 0.25) is 0 Å². The zero-order chi connectivity index (χ0) is 14.1. The van der Waals surface area contributed by atoms with Gasteiger partial charge in [0.15, 0.2) is 11.0 Å². The molecule has 0 aromatic carbocycles. The molecule has 0 bridgehead atoms. The second kappa shape index (κ2) is 5.00. The van der Waals surface area contributed by atoms with Gasteiger partial charge in [-0.05, 0) is 36.7 Å². The van der Waals surface area contributed by atoms with E-state index < -0.39 is 0 Å². The third-order valence-electron chi connectivity index (χ3n) is 2.89. The molecule has 0 radical (unpaired) electrons. The lowest BCUT2D eigenvalue weighted by Gasteiger charge is -2.04. The number of hydrogen-bond acceptors (Lipinski definition) is 6. The molecule has 1 aliphatic rings. The van der Waals surface area contributed by atoms with Gasteiger partial charge in [0, 0.05) is 17.1 Å². The molecule has 20 heavy (non-hydrogen) atoms. The highest BCUT2D eigenvalue weighted by molar-refractivity contribution is 7.99. The van der Waals surface area contributed by atoms with Gasteiger partial charge in [0.2, 0.25) is 0 Å². The molecule has 8 nitrogen and oxygen atoms in total. The second-order valence-electron chi connectivity index (χ2n) is 4.38. The number of oxime groups is 1. The average Bonchev–Trinajstić information content (AvgIpc) is 3.23. The monoisotopic (exact) mass is 292 g/mol. The van der Waals surface area contributed by atoms with E-state index in [-0.39, 0.29) is 17.6 Å². The molecule has 9 heteroatoms. The summed E-state index contributed by atoms with van der Waals surface area (Å²) in [6.45, 7) is 0. The first-order valence-electron chi connectivity index (χ1n) is 5.97. The van der Waals surface area contributed by atoms with Crippen molar-refractivity contribution in [2.24, 2.45) is 10.9 Å².